The van der Waals surface area contributed by atoms with E-state index in [-0.39, 0.29) is 12.1 Å². The van der Waals surface area contributed by atoms with Gasteiger partial charge in [0, 0.05) is 6.42 Å². The standard InChI is InChI=1S/C11H9N3O/c12-6-13-11-14-10-8-4-2-1-3-7(8)5-9(10)15-11/h1-4,9-10H,5H2,(H,13,14)/t9-,10+/m0/s1. The molecule has 0 amide bonds. The van der Waals surface area contributed by atoms with Crippen LogP contribution in [-0.4, -0.2) is 12.1 Å². The van der Waals surface area contributed by atoms with Crippen molar-refractivity contribution >= 4 is 6.02 Å². The minimum atomic E-state index is 0.0667. The first-order chi connectivity index (χ1) is 7.38. The fraction of sp³-hybridized carbons (Fsp3) is 0.273. The number of aliphatic imine (C=N–C) groups is 1. The first-order valence-corrected chi connectivity index (χ1v) is 4.86. The summed E-state index contributed by atoms with van der Waals surface area (Å²) in [6.07, 6.45) is 2.76. The molecule has 1 aliphatic carbocycles. The lowest BCUT2D eigenvalue weighted by atomic mass is 10.1. The van der Waals surface area contributed by atoms with E-state index >= 15 is 0 Å². The van der Waals surface area contributed by atoms with E-state index in [4.69, 9.17) is 10.00 Å². The van der Waals surface area contributed by atoms with Crippen molar-refractivity contribution in [1.82, 2.24) is 5.32 Å². The van der Waals surface area contributed by atoms with E-state index in [0.29, 0.717) is 6.02 Å². The van der Waals surface area contributed by atoms with Gasteiger partial charge in [0.25, 0.3) is 6.02 Å². The highest BCUT2D eigenvalue weighted by Gasteiger charge is 2.39. The van der Waals surface area contributed by atoms with Crippen LogP contribution in [-0.2, 0) is 11.2 Å². The van der Waals surface area contributed by atoms with Gasteiger partial charge >= 0.3 is 0 Å². The normalized spacial score (nSPS) is 25.9. The van der Waals surface area contributed by atoms with Gasteiger partial charge in [-0.05, 0) is 11.1 Å². The molecular weight excluding hydrogens is 190 g/mol. The number of fused-ring (bicyclic) bond motifs is 3. The third kappa shape index (κ3) is 1.17. The van der Waals surface area contributed by atoms with Gasteiger partial charge in [0.1, 0.15) is 12.1 Å². The lowest BCUT2D eigenvalue weighted by Crippen LogP contribution is -2.21. The molecule has 1 aromatic carbocycles. The number of hydrogen-bond acceptors (Lipinski definition) is 4. The van der Waals surface area contributed by atoms with Gasteiger partial charge < -0.3 is 4.74 Å². The van der Waals surface area contributed by atoms with Crippen molar-refractivity contribution in [3.05, 3.63) is 35.4 Å². The molecule has 0 radical (unpaired) electrons. The molecule has 0 fully saturated rings. The lowest BCUT2D eigenvalue weighted by Gasteiger charge is -2.06. The predicted octanol–water partition coefficient (Wildman–Crippen LogP) is 1.11. The van der Waals surface area contributed by atoms with Crippen LogP contribution in [0, 0.1) is 11.5 Å². The third-order valence-electron chi connectivity index (χ3n) is 2.83. The van der Waals surface area contributed by atoms with E-state index < -0.39 is 0 Å². The number of nitriles is 1. The highest BCUT2D eigenvalue weighted by molar-refractivity contribution is 5.77. The number of amidine groups is 1. The fourth-order valence-corrected chi connectivity index (χ4v) is 2.21. The molecule has 1 aliphatic heterocycles. The minimum absolute atomic E-state index is 0.0667. The van der Waals surface area contributed by atoms with Crippen LogP contribution >= 0.6 is 0 Å². The summed E-state index contributed by atoms with van der Waals surface area (Å²) in [4.78, 5) is 4.34. The largest absolute Gasteiger partial charge is 0.458 e. The van der Waals surface area contributed by atoms with Crippen molar-refractivity contribution in [1.29, 1.82) is 5.26 Å². The smallest absolute Gasteiger partial charge is 0.299 e. The molecule has 4 nitrogen and oxygen atoms in total. The van der Waals surface area contributed by atoms with Crippen LogP contribution in [0.15, 0.2) is 29.3 Å². The second kappa shape index (κ2) is 2.99. The molecule has 0 aromatic heterocycles. The van der Waals surface area contributed by atoms with Crippen molar-refractivity contribution in [2.45, 2.75) is 18.6 Å². The summed E-state index contributed by atoms with van der Waals surface area (Å²) in [5, 5.41) is 10.9. The monoisotopic (exact) mass is 199 g/mol. The average Bonchev–Trinajstić information content (AvgIpc) is 2.75. The van der Waals surface area contributed by atoms with Gasteiger partial charge in [-0.2, -0.15) is 5.26 Å². The van der Waals surface area contributed by atoms with Crippen molar-refractivity contribution < 1.29 is 4.74 Å². The number of hydrogen-bond donors (Lipinski definition) is 1. The fourth-order valence-electron chi connectivity index (χ4n) is 2.21. The molecule has 0 saturated carbocycles. The lowest BCUT2D eigenvalue weighted by molar-refractivity contribution is 0.200. The Kier molecular flexibility index (Phi) is 1.65. The zero-order valence-corrected chi connectivity index (χ0v) is 7.97. The minimum Gasteiger partial charge on any atom is -0.458 e. The molecule has 0 saturated heterocycles. The van der Waals surface area contributed by atoms with Gasteiger partial charge in [0.2, 0.25) is 0 Å². The number of nitrogens with one attached hydrogen (secondary N) is 1. The molecule has 1 heterocycles. The zero-order chi connectivity index (χ0) is 10.3. The first kappa shape index (κ1) is 8.30. The Balaban J connectivity index is 1.95. The number of benzene rings is 1. The highest BCUT2D eigenvalue weighted by Crippen LogP contribution is 2.39. The maximum atomic E-state index is 8.46. The third-order valence-corrected chi connectivity index (χ3v) is 2.83. The quantitative estimate of drug-likeness (QED) is 0.503. The Labute approximate surface area is 87.2 Å². The summed E-state index contributed by atoms with van der Waals surface area (Å²) >= 11 is 0. The van der Waals surface area contributed by atoms with Crippen LogP contribution in [0.1, 0.15) is 17.2 Å². The van der Waals surface area contributed by atoms with Crippen LogP contribution in [0.5, 0.6) is 0 Å². The second-order valence-electron chi connectivity index (χ2n) is 3.68. The summed E-state index contributed by atoms with van der Waals surface area (Å²) in [7, 11) is 0. The Morgan fingerprint density at radius 3 is 3.20 bits per heavy atom. The molecular formula is C11H9N3O. The van der Waals surface area contributed by atoms with Crippen molar-refractivity contribution in [2.24, 2.45) is 4.99 Å². The molecule has 3 rings (SSSR count). The number of ether oxygens (including phenoxy) is 1. The molecule has 2 aliphatic rings. The summed E-state index contributed by atoms with van der Waals surface area (Å²) in [6.45, 7) is 0. The summed E-state index contributed by atoms with van der Waals surface area (Å²) < 4.78 is 5.52. The van der Waals surface area contributed by atoms with Crippen LogP contribution in [0.3, 0.4) is 0 Å². The highest BCUT2D eigenvalue weighted by atomic mass is 16.5. The number of rotatable bonds is 0. The molecule has 0 bridgehead atoms. The Morgan fingerprint density at radius 2 is 2.33 bits per heavy atom. The van der Waals surface area contributed by atoms with Gasteiger partial charge in [0.15, 0.2) is 6.19 Å². The summed E-state index contributed by atoms with van der Waals surface area (Å²) in [5.41, 5.74) is 2.52. The molecule has 1 aromatic rings. The van der Waals surface area contributed by atoms with Gasteiger partial charge in [-0.3, -0.25) is 0 Å². The molecule has 0 unspecified atom stereocenters. The Morgan fingerprint density at radius 1 is 1.47 bits per heavy atom. The van der Waals surface area contributed by atoms with Crippen molar-refractivity contribution in [3.63, 3.8) is 0 Å². The van der Waals surface area contributed by atoms with Crippen LogP contribution in [0.25, 0.3) is 0 Å². The molecule has 74 valence electrons. The van der Waals surface area contributed by atoms with E-state index in [1.54, 1.807) is 0 Å². The van der Waals surface area contributed by atoms with Crippen LogP contribution in [0.4, 0.5) is 0 Å². The predicted molar refractivity (Wildman–Crippen MR) is 53.9 cm³/mol. The van der Waals surface area contributed by atoms with Crippen LogP contribution in [0.2, 0.25) is 0 Å². The van der Waals surface area contributed by atoms with E-state index in [1.807, 2.05) is 18.3 Å². The topological polar surface area (TPSA) is 57.4 Å². The molecule has 1 N–H and O–H groups in total. The van der Waals surface area contributed by atoms with E-state index in [1.165, 1.54) is 11.1 Å². The molecule has 4 heteroatoms. The van der Waals surface area contributed by atoms with Gasteiger partial charge in [-0.1, -0.05) is 24.3 Å². The maximum Gasteiger partial charge on any atom is 0.299 e. The van der Waals surface area contributed by atoms with E-state index in [9.17, 15) is 0 Å². The number of nitrogens with zero attached hydrogens (tertiary/aromatic N) is 2. The average molecular weight is 199 g/mol. The summed E-state index contributed by atoms with van der Waals surface area (Å²) in [6, 6.07) is 8.62. The van der Waals surface area contributed by atoms with Gasteiger partial charge in [-0.25, -0.2) is 10.3 Å². The Bertz CT molecular complexity index is 475. The van der Waals surface area contributed by atoms with E-state index in [0.717, 1.165) is 6.42 Å². The van der Waals surface area contributed by atoms with Crippen molar-refractivity contribution in [2.75, 3.05) is 0 Å². The van der Waals surface area contributed by atoms with Crippen LogP contribution < -0.4 is 5.32 Å². The molecule has 0 spiro atoms. The zero-order valence-electron chi connectivity index (χ0n) is 7.97. The van der Waals surface area contributed by atoms with Crippen molar-refractivity contribution in [3.8, 4) is 6.19 Å². The van der Waals surface area contributed by atoms with Gasteiger partial charge in [0.05, 0.1) is 0 Å². The second-order valence-corrected chi connectivity index (χ2v) is 3.68. The SMILES string of the molecule is N#CNC1=N[C@@H]2c3ccccc3C[C@@H]2O1. The molecule has 15 heavy (non-hydrogen) atoms. The molecule has 2 atom stereocenters. The first-order valence-electron chi connectivity index (χ1n) is 4.86. The van der Waals surface area contributed by atoms with E-state index in [2.05, 4.69) is 22.4 Å². The Hall–Kier alpha value is -2.02. The maximum absolute atomic E-state index is 8.46. The summed E-state index contributed by atoms with van der Waals surface area (Å²) in [5.74, 6) is 0. The van der Waals surface area contributed by atoms with Gasteiger partial charge in [-0.15, -0.1) is 0 Å².